The van der Waals surface area contributed by atoms with Crippen LogP contribution in [-0.4, -0.2) is 43.4 Å². The first-order chi connectivity index (χ1) is 8.63. The summed E-state index contributed by atoms with van der Waals surface area (Å²) in [4.78, 5) is 13.4. The molecule has 6 heteroatoms. The van der Waals surface area contributed by atoms with Crippen LogP contribution in [0.25, 0.3) is 0 Å². The third-order valence-electron chi connectivity index (χ3n) is 2.99. The third-order valence-corrected chi connectivity index (χ3v) is 2.99. The molecule has 18 heavy (non-hydrogen) atoms. The second kappa shape index (κ2) is 5.24. The third kappa shape index (κ3) is 2.39. The number of benzene rings is 1. The molecule has 2 rings (SSSR count). The minimum absolute atomic E-state index is 0.0604. The van der Waals surface area contributed by atoms with Gasteiger partial charge < -0.3 is 26.2 Å². The van der Waals surface area contributed by atoms with Gasteiger partial charge in [0.05, 0.1) is 36.3 Å². The number of anilines is 2. The number of nitrogens with two attached hydrogens (primary N) is 2. The van der Waals surface area contributed by atoms with Gasteiger partial charge in [-0.05, 0) is 12.1 Å². The Balaban J connectivity index is 2.34. The highest BCUT2D eigenvalue weighted by Crippen LogP contribution is 2.29. The van der Waals surface area contributed by atoms with Crippen molar-refractivity contribution in [2.24, 2.45) is 5.73 Å². The van der Waals surface area contributed by atoms with Gasteiger partial charge in [0, 0.05) is 13.1 Å². The Hall–Kier alpha value is -1.79. The summed E-state index contributed by atoms with van der Waals surface area (Å²) in [5.74, 6) is -0.510. The van der Waals surface area contributed by atoms with Gasteiger partial charge in [-0.25, -0.2) is 0 Å². The number of aliphatic hydroxyl groups is 1. The molecule has 1 aliphatic heterocycles. The number of aliphatic hydroxyl groups excluding tert-OH is 1. The van der Waals surface area contributed by atoms with E-state index in [0.29, 0.717) is 36.6 Å². The summed E-state index contributed by atoms with van der Waals surface area (Å²) in [7, 11) is 0. The van der Waals surface area contributed by atoms with Crippen LogP contribution in [0.3, 0.4) is 0 Å². The number of morpholine rings is 1. The Morgan fingerprint density at radius 2 is 2.33 bits per heavy atom. The number of hydrogen-bond acceptors (Lipinski definition) is 5. The van der Waals surface area contributed by atoms with Crippen LogP contribution >= 0.6 is 0 Å². The molecule has 5 N–H and O–H groups in total. The number of carbonyl (C=O) groups excluding carboxylic acids is 1. The van der Waals surface area contributed by atoms with Crippen molar-refractivity contribution in [3.05, 3.63) is 23.8 Å². The fraction of sp³-hybridized carbons (Fsp3) is 0.417. The maximum Gasteiger partial charge on any atom is 0.250 e. The Kier molecular flexibility index (Phi) is 3.69. The van der Waals surface area contributed by atoms with Crippen molar-refractivity contribution in [1.29, 1.82) is 0 Å². The molecule has 0 aliphatic carbocycles. The monoisotopic (exact) mass is 251 g/mol. The largest absolute Gasteiger partial charge is 0.397 e. The Labute approximate surface area is 105 Å². The predicted molar refractivity (Wildman–Crippen MR) is 68.4 cm³/mol. The van der Waals surface area contributed by atoms with Gasteiger partial charge in [-0.15, -0.1) is 0 Å². The second-order valence-corrected chi connectivity index (χ2v) is 4.23. The van der Waals surface area contributed by atoms with Crippen LogP contribution in [0.5, 0.6) is 0 Å². The lowest BCUT2D eigenvalue weighted by atomic mass is 10.1. The van der Waals surface area contributed by atoms with E-state index < -0.39 is 5.91 Å². The lowest BCUT2D eigenvalue weighted by molar-refractivity contribution is 0.00357. The molecular weight excluding hydrogens is 234 g/mol. The van der Waals surface area contributed by atoms with E-state index in [1.165, 1.54) is 0 Å². The summed E-state index contributed by atoms with van der Waals surface area (Å²) in [5.41, 5.74) is 12.8. The normalized spacial score (nSPS) is 19.8. The number of amides is 1. The molecule has 0 bridgehead atoms. The number of hydrogen-bond donors (Lipinski definition) is 3. The van der Waals surface area contributed by atoms with Crippen LogP contribution in [0, 0.1) is 0 Å². The van der Waals surface area contributed by atoms with Crippen LogP contribution in [-0.2, 0) is 4.74 Å². The van der Waals surface area contributed by atoms with Gasteiger partial charge in [0.2, 0.25) is 0 Å². The van der Waals surface area contributed by atoms with Crippen LogP contribution in [0.15, 0.2) is 18.2 Å². The first kappa shape index (κ1) is 12.7. The molecule has 0 radical (unpaired) electrons. The molecule has 1 fully saturated rings. The Morgan fingerprint density at radius 1 is 1.56 bits per heavy atom. The average Bonchev–Trinajstić information content (AvgIpc) is 2.38. The second-order valence-electron chi connectivity index (χ2n) is 4.23. The first-order valence-corrected chi connectivity index (χ1v) is 5.79. The topological polar surface area (TPSA) is 102 Å². The highest BCUT2D eigenvalue weighted by atomic mass is 16.5. The van der Waals surface area contributed by atoms with Crippen molar-refractivity contribution >= 4 is 17.3 Å². The fourth-order valence-corrected chi connectivity index (χ4v) is 2.15. The van der Waals surface area contributed by atoms with Crippen LogP contribution in [0.4, 0.5) is 11.4 Å². The molecule has 1 aromatic rings. The summed E-state index contributed by atoms with van der Waals surface area (Å²) in [6.07, 6.45) is -0.265. The smallest absolute Gasteiger partial charge is 0.250 e. The SMILES string of the molecule is NC(=O)c1cccc(N)c1N1CCOC(CO)C1. The van der Waals surface area contributed by atoms with E-state index in [1.54, 1.807) is 18.2 Å². The molecule has 1 aliphatic rings. The van der Waals surface area contributed by atoms with Gasteiger partial charge in [0.1, 0.15) is 0 Å². The molecule has 1 aromatic carbocycles. The molecule has 1 heterocycles. The zero-order valence-corrected chi connectivity index (χ0v) is 10.0. The lowest BCUT2D eigenvalue weighted by Crippen LogP contribution is -2.45. The van der Waals surface area contributed by atoms with Crippen molar-refractivity contribution in [2.75, 3.05) is 36.9 Å². The van der Waals surface area contributed by atoms with E-state index in [-0.39, 0.29) is 12.7 Å². The van der Waals surface area contributed by atoms with Crippen molar-refractivity contribution in [3.63, 3.8) is 0 Å². The summed E-state index contributed by atoms with van der Waals surface area (Å²) < 4.78 is 5.37. The molecular formula is C12H17N3O3. The van der Waals surface area contributed by atoms with E-state index in [2.05, 4.69) is 0 Å². The zero-order valence-electron chi connectivity index (χ0n) is 10.0. The number of para-hydroxylation sites is 1. The van der Waals surface area contributed by atoms with E-state index in [9.17, 15) is 4.79 Å². The Morgan fingerprint density at radius 3 is 3.00 bits per heavy atom. The quantitative estimate of drug-likeness (QED) is 0.632. The van der Waals surface area contributed by atoms with Gasteiger partial charge >= 0.3 is 0 Å². The van der Waals surface area contributed by atoms with E-state index in [1.807, 2.05) is 4.90 Å². The summed E-state index contributed by atoms with van der Waals surface area (Å²) in [6.45, 7) is 1.53. The average molecular weight is 251 g/mol. The molecule has 98 valence electrons. The van der Waals surface area contributed by atoms with Gasteiger partial charge in [-0.3, -0.25) is 4.79 Å². The number of rotatable bonds is 3. The van der Waals surface area contributed by atoms with E-state index in [4.69, 9.17) is 21.3 Å². The number of primary amides is 1. The Bertz CT molecular complexity index is 450. The van der Waals surface area contributed by atoms with E-state index >= 15 is 0 Å². The molecule has 6 nitrogen and oxygen atoms in total. The van der Waals surface area contributed by atoms with E-state index in [0.717, 1.165) is 0 Å². The lowest BCUT2D eigenvalue weighted by Gasteiger charge is -2.35. The summed E-state index contributed by atoms with van der Waals surface area (Å²) >= 11 is 0. The molecule has 0 aromatic heterocycles. The molecule has 1 amide bonds. The number of nitrogen functional groups attached to an aromatic ring is 1. The zero-order chi connectivity index (χ0) is 13.1. The molecule has 0 spiro atoms. The minimum atomic E-state index is -0.510. The highest BCUT2D eigenvalue weighted by molar-refractivity contribution is 6.01. The first-order valence-electron chi connectivity index (χ1n) is 5.79. The van der Waals surface area contributed by atoms with Crippen molar-refractivity contribution in [2.45, 2.75) is 6.10 Å². The van der Waals surface area contributed by atoms with Crippen molar-refractivity contribution in [1.82, 2.24) is 0 Å². The minimum Gasteiger partial charge on any atom is -0.397 e. The highest BCUT2D eigenvalue weighted by Gasteiger charge is 2.24. The molecule has 0 saturated carbocycles. The van der Waals surface area contributed by atoms with Crippen molar-refractivity contribution < 1.29 is 14.6 Å². The molecule has 1 atom stereocenters. The maximum absolute atomic E-state index is 11.4. The number of nitrogens with zero attached hydrogens (tertiary/aromatic N) is 1. The predicted octanol–water partition coefficient (Wildman–Crippen LogP) is -0.435. The van der Waals surface area contributed by atoms with Crippen LogP contribution in [0.2, 0.25) is 0 Å². The fourth-order valence-electron chi connectivity index (χ4n) is 2.15. The van der Waals surface area contributed by atoms with Gasteiger partial charge in [0.25, 0.3) is 5.91 Å². The number of carbonyl (C=O) groups is 1. The number of ether oxygens (including phenoxy) is 1. The maximum atomic E-state index is 11.4. The van der Waals surface area contributed by atoms with Crippen LogP contribution in [0.1, 0.15) is 10.4 Å². The standard InChI is InChI=1S/C12H17N3O3/c13-10-3-1-2-9(12(14)17)11(10)15-4-5-18-8(6-15)7-16/h1-3,8,16H,4-7,13H2,(H2,14,17). The summed E-state index contributed by atoms with van der Waals surface area (Å²) in [5, 5.41) is 9.13. The summed E-state index contributed by atoms with van der Waals surface area (Å²) in [6, 6.07) is 5.07. The molecule has 1 saturated heterocycles. The van der Waals surface area contributed by atoms with Crippen LogP contribution < -0.4 is 16.4 Å². The van der Waals surface area contributed by atoms with Gasteiger partial charge in [-0.1, -0.05) is 6.07 Å². The van der Waals surface area contributed by atoms with Crippen molar-refractivity contribution in [3.8, 4) is 0 Å². The van der Waals surface area contributed by atoms with Gasteiger partial charge in [0.15, 0.2) is 0 Å². The molecule has 1 unspecified atom stereocenters. The van der Waals surface area contributed by atoms with Gasteiger partial charge in [-0.2, -0.15) is 0 Å².